The number of rotatable bonds is 10. The van der Waals surface area contributed by atoms with Crippen molar-refractivity contribution in [2.24, 2.45) is 4.99 Å². The Labute approximate surface area is 236 Å². The van der Waals surface area contributed by atoms with Gasteiger partial charge in [0.1, 0.15) is 17.5 Å². The molecule has 4 rings (SSSR count). The summed E-state index contributed by atoms with van der Waals surface area (Å²) in [5.41, 5.74) is 1.67. The first-order valence-electron chi connectivity index (χ1n) is 13.1. The average Bonchev–Trinajstić information content (AvgIpc) is 3.22. The van der Waals surface area contributed by atoms with E-state index in [-0.39, 0.29) is 37.1 Å². The second-order valence-corrected chi connectivity index (χ2v) is 10.1. The lowest BCUT2D eigenvalue weighted by Crippen LogP contribution is -2.40. The standard InChI is InChI=1S/C30H32N2O7S/c1-6-36-25(33)17-38-22-14-10-8-12-20(22)16-24-28(34)32-27(21-13-9-11-15-23(21)39-18(3)4)26(29(35)37-7-2)19(5)31-30(32)40-24/h8-16,18,27H,6-7,17H2,1-5H3. The molecule has 40 heavy (non-hydrogen) atoms. The molecule has 1 aliphatic rings. The first-order valence-corrected chi connectivity index (χ1v) is 13.9. The predicted octanol–water partition coefficient (Wildman–Crippen LogP) is 3.53. The molecule has 210 valence electrons. The first kappa shape index (κ1) is 28.8. The van der Waals surface area contributed by atoms with Gasteiger partial charge >= 0.3 is 11.9 Å². The Morgan fingerprint density at radius 2 is 1.70 bits per heavy atom. The first-order chi connectivity index (χ1) is 19.2. The van der Waals surface area contributed by atoms with Gasteiger partial charge in [-0.15, -0.1) is 0 Å². The number of carbonyl (C=O) groups excluding carboxylic acids is 2. The molecule has 0 spiro atoms. The molecule has 0 N–H and O–H groups in total. The number of thiazole rings is 1. The van der Waals surface area contributed by atoms with Crippen LogP contribution in [0, 0.1) is 0 Å². The lowest BCUT2D eigenvalue weighted by molar-refractivity contribution is -0.145. The van der Waals surface area contributed by atoms with Crippen molar-refractivity contribution in [2.45, 2.75) is 46.8 Å². The molecule has 2 aromatic carbocycles. The average molecular weight is 565 g/mol. The van der Waals surface area contributed by atoms with Crippen molar-refractivity contribution in [3.8, 4) is 11.5 Å². The van der Waals surface area contributed by atoms with Gasteiger partial charge in [-0.2, -0.15) is 0 Å². The Hall–Kier alpha value is -4.18. The van der Waals surface area contributed by atoms with Gasteiger partial charge in [-0.25, -0.2) is 14.6 Å². The molecule has 9 nitrogen and oxygen atoms in total. The third-order valence-electron chi connectivity index (χ3n) is 5.95. The highest BCUT2D eigenvalue weighted by Crippen LogP contribution is 2.36. The summed E-state index contributed by atoms with van der Waals surface area (Å²) in [4.78, 5) is 44.1. The van der Waals surface area contributed by atoms with Crippen molar-refractivity contribution in [3.05, 3.63) is 90.6 Å². The van der Waals surface area contributed by atoms with Crippen LogP contribution >= 0.6 is 11.3 Å². The minimum Gasteiger partial charge on any atom is -0.491 e. The minimum absolute atomic E-state index is 0.126. The zero-order valence-corrected chi connectivity index (χ0v) is 23.9. The van der Waals surface area contributed by atoms with E-state index in [1.54, 1.807) is 45.0 Å². The van der Waals surface area contributed by atoms with Crippen molar-refractivity contribution < 1.29 is 28.5 Å². The summed E-state index contributed by atoms with van der Waals surface area (Å²) in [6.45, 7) is 9.20. The summed E-state index contributed by atoms with van der Waals surface area (Å²) in [6, 6.07) is 13.6. The van der Waals surface area contributed by atoms with Crippen LogP contribution in [0.1, 0.15) is 51.8 Å². The number of allylic oxidation sites excluding steroid dienone is 1. The highest BCUT2D eigenvalue weighted by Gasteiger charge is 2.35. The third-order valence-corrected chi connectivity index (χ3v) is 6.93. The molecular weight excluding hydrogens is 532 g/mol. The molecule has 1 atom stereocenters. The molecule has 1 aromatic heterocycles. The van der Waals surface area contributed by atoms with Gasteiger partial charge in [0.15, 0.2) is 11.4 Å². The molecule has 0 radical (unpaired) electrons. The largest absolute Gasteiger partial charge is 0.491 e. The maximum Gasteiger partial charge on any atom is 0.344 e. The maximum atomic E-state index is 14.0. The Morgan fingerprint density at radius 3 is 2.40 bits per heavy atom. The van der Waals surface area contributed by atoms with Gasteiger partial charge in [0.05, 0.1) is 35.1 Å². The number of fused-ring (bicyclic) bond motifs is 1. The number of nitrogens with zero attached hydrogens (tertiary/aromatic N) is 2. The highest BCUT2D eigenvalue weighted by molar-refractivity contribution is 7.07. The van der Waals surface area contributed by atoms with Crippen molar-refractivity contribution in [3.63, 3.8) is 0 Å². The van der Waals surface area contributed by atoms with E-state index in [1.165, 1.54) is 15.9 Å². The van der Waals surface area contributed by atoms with E-state index in [9.17, 15) is 14.4 Å². The van der Waals surface area contributed by atoms with Crippen LogP contribution in [-0.4, -0.2) is 42.4 Å². The fraction of sp³-hybridized carbons (Fsp3) is 0.333. The molecule has 10 heteroatoms. The van der Waals surface area contributed by atoms with E-state index in [1.807, 2.05) is 44.2 Å². The number of para-hydroxylation sites is 2. The fourth-order valence-corrected chi connectivity index (χ4v) is 5.40. The van der Waals surface area contributed by atoms with E-state index in [0.717, 1.165) is 0 Å². The van der Waals surface area contributed by atoms with Gasteiger partial charge in [-0.3, -0.25) is 9.36 Å². The molecular formula is C30H32N2O7S. The number of esters is 2. The lowest BCUT2D eigenvalue weighted by Gasteiger charge is -2.26. The van der Waals surface area contributed by atoms with Gasteiger partial charge in [0.25, 0.3) is 5.56 Å². The normalized spacial score (nSPS) is 14.9. The van der Waals surface area contributed by atoms with Gasteiger partial charge < -0.3 is 18.9 Å². The second kappa shape index (κ2) is 12.8. The fourth-order valence-electron chi connectivity index (χ4n) is 4.37. The summed E-state index contributed by atoms with van der Waals surface area (Å²) in [6.07, 6.45) is 1.57. The molecule has 1 aliphatic heterocycles. The van der Waals surface area contributed by atoms with E-state index in [2.05, 4.69) is 4.99 Å². The number of benzene rings is 2. The molecule has 0 saturated carbocycles. The second-order valence-electron chi connectivity index (χ2n) is 9.14. The molecule has 0 fully saturated rings. The van der Waals surface area contributed by atoms with Crippen LogP contribution in [0.3, 0.4) is 0 Å². The van der Waals surface area contributed by atoms with Crippen molar-refractivity contribution in [1.29, 1.82) is 0 Å². The SMILES string of the molecule is CCOC(=O)COc1ccccc1C=c1sc2n(c1=O)C(c1ccccc1OC(C)C)C(C(=O)OCC)=C(C)N=2. The van der Waals surface area contributed by atoms with Crippen LogP contribution in [0.5, 0.6) is 11.5 Å². The monoisotopic (exact) mass is 564 g/mol. The maximum absolute atomic E-state index is 14.0. The van der Waals surface area contributed by atoms with Crippen LogP contribution in [0.4, 0.5) is 0 Å². The number of aromatic nitrogens is 1. The number of ether oxygens (including phenoxy) is 4. The molecule has 1 unspecified atom stereocenters. The lowest BCUT2D eigenvalue weighted by atomic mass is 9.95. The van der Waals surface area contributed by atoms with E-state index in [0.29, 0.717) is 37.7 Å². The smallest absolute Gasteiger partial charge is 0.344 e. The number of hydrogen-bond donors (Lipinski definition) is 0. The number of hydrogen-bond acceptors (Lipinski definition) is 9. The van der Waals surface area contributed by atoms with Crippen LogP contribution in [0.2, 0.25) is 0 Å². The summed E-state index contributed by atoms with van der Waals surface area (Å²) in [7, 11) is 0. The molecule has 0 saturated heterocycles. The van der Waals surface area contributed by atoms with E-state index in [4.69, 9.17) is 18.9 Å². The molecule has 0 amide bonds. The number of carbonyl (C=O) groups is 2. The van der Waals surface area contributed by atoms with Gasteiger partial charge in [-0.05, 0) is 52.8 Å². The zero-order valence-electron chi connectivity index (χ0n) is 23.1. The molecule has 0 aliphatic carbocycles. The van der Waals surface area contributed by atoms with Crippen molar-refractivity contribution >= 4 is 29.4 Å². The molecule has 2 heterocycles. The van der Waals surface area contributed by atoms with Crippen LogP contribution in [-0.2, 0) is 19.1 Å². The van der Waals surface area contributed by atoms with Crippen LogP contribution in [0.25, 0.3) is 6.08 Å². The Balaban J connectivity index is 1.88. The topological polar surface area (TPSA) is 105 Å². The highest BCUT2D eigenvalue weighted by atomic mass is 32.1. The zero-order chi connectivity index (χ0) is 28.8. The van der Waals surface area contributed by atoms with Gasteiger partial charge in [0.2, 0.25) is 0 Å². The summed E-state index contributed by atoms with van der Waals surface area (Å²) in [5, 5.41) is 0. The third kappa shape index (κ3) is 6.17. The Kier molecular flexibility index (Phi) is 9.21. The van der Waals surface area contributed by atoms with E-state index >= 15 is 0 Å². The quantitative estimate of drug-likeness (QED) is 0.347. The Morgan fingerprint density at radius 1 is 1.02 bits per heavy atom. The van der Waals surface area contributed by atoms with Gasteiger partial charge in [-0.1, -0.05) is 47.7 Å². The summed E-state index contributed by atoms with van der Waals surface area (Å²) >= 11 is 1.20. The molecule has 3 aromatic rings. The molecule has 0 bridgehead atoms. The van der Waals surface area contributed by atoms with Crippen molar-refractivity contribution in [1.82, 2.24) is 4.57 Å². The van der Waals surface area contributed by atoms with Gasteiger partial charge in [0, 0.05) is 11.1 Å². The minimum atomic E-state index is -0.803. The summed E-state index contributed by atoms with van der Waals surface area (Å²) < 4.78 is 24.0. The van der Waals surface area contributed by atoms with E-state index < -0.39 is 18.0 Å². The predicted molar refractivity (Wildman–Crippen MR) is 151 cm³/mol. The summed E-state index contributed by atoms with van der Waals surface area (Å²) in [5.74, 6) is -0.0377. The van der Waals surface area contributed by atoms with Crippen molar-refractivity contribution in [2.75, 3.05) is 19.8 Å². The van der Waals surface area contributed by atoms with Crippen LogP contribution < -0.4 is 24.4 Å². The van der Waals surface area contributed by atoms with Crippen LogP contribution in [0.15, 0.2) is 69.6 Å². The Bertz CT molecular complexity index is 1620.